The average Bonchev–Trinajstić information content (AvgIpc) is 2.84. The number of rotatable bonds is 1. The number of hydrogen-bond donors (Lipinski definition) is 0. The standard InChI is InChI=1S/C17H28O/c1-5-12-7-13-8-14-10(3)9(2)6-15(18)17(14)16(13)11(12)4/h9-14,16-17H,5-8H2,1-4H3/t9-,10+,11+,12+,13-,14?,16-,17?/m1/s1. The van der Waals surface area contributed by atoms with Crippen molar-refractivity contribution >= 4 is 5.78 Å². The van der Waals surface area contributed by atoms with Gasteiger partial charge in [0.15, 0.2) is 0 Å². The number of carbonyl (C=O) groups excluding carboxylic acids is 1. The molecule has 0 radical (unpaired) electrons. The lowest BCUT2D eigenvalue weighted by atomic mass is 9.65. The molecule has 0 aromatic heterocycles. The molecule has 3 aliphatic carbocycles. The quantitative estimate of drug-likeness (QED) is 0.681. The third-order valence-electron chi connectivity index (χ3n) is 6.94. The minimum Gasteiger partial charge on any atom is -0.299 e. The Labute approximate surface area is 112 Å². The topological polar surface area (TPSA) is 17.1 Å². The van der Waals surface area contributed by atoms with E-state index >= 15 is 0 Å². The molecule has 1 nitrogen and oxygen atoms in total. The molecule has 0 aromatic rings. The molecular formula is C17H28O. The van der Waals surface area contributed by atoms with Crippen LogP contribution in [0.3, 0.4) is 0 Å². The van der Waals surface area contributed by atoms with E-state index in [1.165, 1.54) is 19.3 Å². The molecule has 2 unspecified atom stereocenters. The van der Waals surface area contributed by atoms with Crippen molar-refractivity contribution < 1.29 is 4.79 Å². The molecule has 0 amide bonds. The highest BCUT2D eigenvalue weighted by Crippen LogP contribution is 2.60. The summed E-state index contributed by atoms with van der Waals surface area (Å²) in [5, 5.41) is 0. The maximum Gasteiger partial charge on any atom is 0.136 e. The zero-order valence-electron chi connectivity index (χ0n) is 12.4. The van der Waals surface area contributed by atoms with E-state index in [2.05, 4.69) is 27.7 Å². The van der Waals surface area contributed by atoms with Gasteiger partial charge in [0.2, 0.25) is 0 Å². The molecule has 3 saturated carbocycles. The summed E-state index contributed by atoms with van der Waals surface area (Å²) in [7, 11) is 0. The first-order chi connectivity index (χ1) is 8.54. The third kappa shape index (κ3) is 1.62. The largest absolute Gasteiger partial charge is 0.299 e. The van der Waals surface area contributed by atoms with Crippen LogP contribution >= 0.6 is 0 Å². The van der Waals surface area contributed by atoms with Gasteiger partial charge in [-0.25, -0.2) is 0 Å². The second-order valence-electron chi connectivity index (χ2n) is 7.53. The summed E-state index contributed by atoms with van der Waals surface area (Å²) in [5.74, 6) is 6.45. The number of ketones is 1. The molecule has 0 saturated heterocycles. The van der Waals surface area contributed by atoms with Gasteiger partial charge in [0.05, 0.1) is 0 Å². The lowest BCUT2D eigenvalue weighted by Gasteiger charge is -2.38. The Morgan fingerprint density at radius 3 is 2.50 bits per heavy atom. The highest BCUT2D eigenvalue weighted by atomic mass is 16.1. The fourth-order valence-electron chi connectivity index (χ4n) is 5.75. The van der Waals surface area contributed by atoms with Crippen LogP contribution in [0.2, 0.25) is 0 Å². The van der Waals surface area contributed by atoms with E-state index in [-0.39, 0.29) is 0 Å². The van der Waals surface area contributed by atoms with Crippen molar-refractivity contribution in [1.29, 1.82) is 0 Å². The number of Topliss-reactive ketones (excluding diaryl/α,β-unsaturated/α-hetero) is 1. The minimum atomic E-state index is 0.438. The average molecular weight is 248 g/mol. The maximum atomic E-state index is 12.5. The Kier molecular flexibility index (Phi) is 3.07. The monoisotopic (exact) mass is 248 g/mol. The van der Waals surface area contributed by atoms with Gasteiger partial charge in [0.25, 0.3) is 0 Å². The Morgan fingerprint density at radius 2 is 1.83 bits per heavy atom. The van der Waals surface area contributed by atoms with Gasteiger partial charge < -0.3 is 0 Å². The Balaban J connectivity index is 1.87. The van der Waals surface area contributed by atoms with Crippen molar-refractivity contribution in [2.24, 2.45) is 47.3 Å². The first-order valence-corrected chi connectivity index (χ1v) is 8.07. The van der Waals surface area contributed by atoms with Gasteiger partial charge in [0, 0.05) is 12.3 Å². The van der Waals surface area contributed by atoms with Crippen LogP contribution in [-0.4, -0.2) is 5.78 Å². The first-order valence-electron chi connectivity index (χ1n) is 8.07. The van der Waals surface area contributed by atoms with Crippen LogP contribution in [-0.2, 0) is 4.79 Å². The second-order valence-corrected chi connectivity index (χ2v) is 7.53. The zero-order valence-corrected chi connectivity index (χ0v) is 12.4. The summed E-state index contributed by atoms with van der Waals surface area (Å²) in [6, 6.07) is 0. The fourth-order valence-corrected chi connectivity index (χ4v) is 5.75. The van der Waals surface area contributed by atoms with Crippen LogP contribution in [0.15, 0.2) is 0 Å². The van der Waals surface area contributed by atoms with E-state index in [1.807, 2.05) is 0 Å². The smallest absolute Gasteiger partial charge is 0.136 e. The van der Waals surface area contributed by atoms with Gasteiger partial charge in [-0.15, -0.1) is 0 Å². The van der Waals surface area contributed by atoms with E-state index < -0.39 is 0 Å². The van der Waals surface area contributed by atoms with Crippen LogP contribution < -0.4 is 0 Å². The van der Waals surface area contributed by atoms with E-state index in [0.29, 0.717) is 17.6 Å². The Bertz CT molecular complexity index is 348. The molecule has 0 aromatic carbocycles. The number of hydrogen-bond acceptors (Lipinski definition) is 1. The van der Waals surface area contributed by atoms with Gasteiger partial charge >= 0.3 is 0 Å². The normalized spacial score (nSPS) is 55.4. The highest BCUT2D eigenvalue weighted by Gasteiger charge is 2.57. The minimum absolute atomic E-state index is 0.438. The van der Waals surface area contributed by atoms with Crippen molar-refractivity contribution in [3.05, 3.63) is 0 Å². The zero-order chi connectivity index (χ0) is 13.0. The van der Waals surface area contributed by atoms with E-state index in [9.17, 15) is 4.79 Å². The van der Waals surface area contributed by atoms with Crippen LogP contribution in [0, 0.1) is 47.3 Å². The Morgan fingerprint density at radius 1 is 1.11 bits per heavy atom. The van der Waals surface area contributed by atoms with E-state index in [1.54, 1.807) is 0 Å². The van der Waals surface area contributed by atoms with Gasteiger partial charge in [-0.05, 0) is 54.3 Å². The molecule has 18 heavy (non-hydrogen) atoms. The first kappa shape index (κ1) is 12.7. The lowest BCUT2D eigenvalue weighted by Crippen LogP contribution is -2.39. The third-order valence-corrected chi connectivity index (χ3v) is 6.94. The lowest BCUT2D eigenvalue weighted by molar-refractivity contribution is -0.131. The summed E-state index contributed by atoms with van der Waals surface area (Å²) in [6.45, 7) is 9.44. The van der Waals surface area contributed by atoms with Crippen molar-refractivity contribution in [3.8, 4) is 0 Å². The molecule has 8 atom stereocenters. The van der Waals surface area contributed by atoms with Crippen molar-refractivity contribution in [1.82, 2.24) is 0 Å². The summed E-state index contributed by atoms with van der Waals surface area (Å²) in [6.07, 6.45) is 4.93. The van der Waals surface area contributed by atoms with Gasteiger partial charge in [-0.3, -0.25) is 4.79 Å². The van der Waals surface area contributed by atoms with Gasteiger partial charge in [-0.1, -0.05) is 34.1 Å². The summed E-state index contributed by atoms with van der Waals surface area (Å²) < 4.78 is 0. The molecule has 0 N–H and O–H groups in total. The van der Waals surface area contributed by atoms with Crippen molar-refractivity contribution in [3.63, 3.8) is 0 Å². The number of fused-ring (bicyclic) bond motifs is 3. The predicted octanol–water partition coefficient (Wildman–Crippen LogP) is 4.17. The van der Waals surface area contributed by atoms with Crippen LogP contribution in [0.5, 0.6) is 0 Å². The van der Waals surface area contributed by atoms with Crippen LogP contribution in [0.4, 0.5) is 0 Å². The van der Waals surface area contributed by atoms with Crippen LogP contribution in [0.1, 0.15) is 53.4 Å². The molecule has 0 heterocycles. The molecule has 3 aliphatic rings. The SMILES string of the molecule is CC[C@H]1C[C@@H]2CC3C(C(=O)C[C@@H](C)[C@@H]3C)[C@@H]2[C@H]1C. The summed E-state index contributed by atoms with van der Waals surface area (Å²) >= 11 is 0. The van der Waals surface area contributed by atoms with Crippen molar-refractivity contribution in [2.75, 3.05) is 0 Å². The summed E-state index contributed by atoms with van der Waals surface area (Å²) in [5.41, 5.74) is 0. The second kappa shape index (κ2) is 4.35. The van der Waals surface area contributed by atoms with Gasteiger partial charge in [-0.2, -0.15) is 0 Å². The molecule has 3 fully saturated rings. The maximum absolute atomic E-state index is 12.5. The fraction of sp³-hybridized carbons (Fsp3) is 0.941. The predicted molar refractivity (Wildman–Crippen MR) is 74.1 cm³/mol. The van der Waals surface area contributed by atoms with Crippen molar-refractivity contribution in [2.45, 2.75) is 53.4 Å². The molecule has 0 bridgehead atoms. The number of carbonyl (C=O) groups is 1. The summed E-state index contributed by atoms with van der Waals surface area (Å²) in [4.78, 5) is 12.5. The molecule has 1 heteroatoms. The molecule has 0 aliphatic heterocycles. The van der Waals surface area contributed by atoms with E-state index in [0.717, 1.165) is 41.9 Å². The van der Waals surface area contributed by atoms with E-state index in [4.69, 9.17) is 0 Å². The van der Waals surface area contributed by atoms with Crippen LogP contribution in [0.25, 0.3) is 0 Å². The Hall–Kier alpha value is -0.330. The molecular weight excluding hydrogens is 220 g/mol. The van der Waals surface area contributed by atoms with Gasteiger partial charge in [0.1, 0.15) is 5.78 Å². The molecule has 102 valence electrons. The highest BCUT2D eigenvalue weighted by molar-refractivity contribution is 5.83. The molecule has 3 rings (SSSR count). The molecule has 0 spiro atoms.